The van der Waals surface area contributed by atoms with Gasteiger partial charge in [-0.05, 0) is 45.4 Å². The fourth-order valence-electron chi connectivity index (χ4n) is 2.48. The quantitative estimate of drug-likeness (QED) is 0.285. The fourth-order valence-corrected chi connectivity index (χ4v) is 2.48. The van der Waals surface area contributed by atoms with E-state index in [2.05, 4.69) is 62.3 Å². The van der Waals surface area contributed by atoms with Gasteiger partial charge in [-0.3, -0.25) is 9.67 Å². The van der Waals surface area contributed by atoms with Crippen LogP contribution in [-0.4, -0.2) is 39.9 Å². The van der Waals surface area contributed by atoms with E-state index in [4.69, 9.17) is 0 Å². The molecule has 0 saturated heterocycles. The lowest BCUT2D eigenvalue weighted by Gasteiger charge is -2.11. The Labute approximate surface area is 161 Å². The zero-order valence-electron chi connectivity index (χ0n) is 14.8. The van der Waals surface area contributed by atoms with Crippen molar-refractivity contribution in [2.75, 3.05) is 19.6 Å². The third kappa shape index (κ3) is 6.94. The molecule has 134 valence electrons. The minimum Gasteiger partial charge on any atom is -0.357 e. The maximum atomic E-state index is 4.63. The number of nitrogens with one attached hydrogen (secondary N) is 2. The second-order valence-corrected chi connectivity index (χ2v) is 5.61. The van der Waals surface area contributed by atoms with Gasteiger partial charge in [0.2, 0.25) is 0 Å². The van der Waals surface area contributed by atoms with Crippen molar-refractivity contribution < 1.29 is 0 Å². The Morgan fingerprint density at radius 2 is 1.92 bits per heavy atom. The molecule has 0 spiro atoms. The third-order valence-electron chi connectivity index (χ3n) is 3.57. The number of hydrogen-bond acceptors (Lipinski definition) is 2. The number of aliphatic imine (C=N–C) groups is 1. The number of nitrogens with zero attached hydrogens (tertiary/aromatic N) is 4. The van der Waals surface area contributed by atoms with Crippen molar-refractivity contribution in [3.05, 3.63) is 42.0 Å². The molecule has 2 aromatic heterocycles. The molecule has 2 N–H and O–H groups in total. The summed E-state index contributed by atoms with van der Waals surface area (Å²) in [5.74, 6) is 0.882. The first-order chi connectivity index (χ1) is 11.2. The van der Waals surface area contributed by atoms with E-state index in [1.165, 1.54) is 5.69 Å². The highest BCUT2D eigenvalue weighted by Gasteiger charge is 2.00. The predicted octanol–water partition coefficient (Wildman–Crippen LogP) is 2.56. The highest BCUT2D eigenvalue weighted by Crippen LogP contribution is 2.02. The normalized spacial score (nSPS) is 11.2. The molecule has 0 bridgehead atoms. The number of hydrogen-bond donors (Lipinski definition) is 2. The molecule has 7 heteroatoms. The molecule has 0 atom stereocenters. The van der Waals surface area contributed by atoms with Crippen LogP contribution in [0.3, 0.4) is 0 Å². The van der Waals surface area contributed by atoms with Crippen molar-refractivity contribution in [2.24, 2.45) is 4.99 Å². The van der Waals surface area contributed by atoms with Crippen LogP contribution in [0.1, 0.15) is 24.7 Å². The number of guanidine groups is 1. The van der Waals surface area contributed by atoms with Gasteiger partial charge in [-0.2, -0.15) is 5.10 Å². The molecule has 0 saturated carbocycles. The summed E-state index contributed by atoms with van der Waals surface area (Å²) in [7, 11) is 0. The lowest BCUT2D eigenvalue weighted by atomic mass is 10.4. The molecule has 0 unspecified atom stereocenters. The first-order valence-corrected chi connectivity index (χ1v) is 8.33. The molecule has 2 rings (SSSR count). The van der Waals surface area contributed by atoms with Crippen LogP contribution in [0.4, 0.5) is 0 Å². The number of halogens is 1. The molecule has 2 heterocycles. The van der Waals surface area contributed by atoms with E-state index in [-0.39, 0.29) is 24.0 Å². The highest BCUT2D eigenvalue weighted by molar-refractivity contribution is 14.0. The zero-order chi connectivity index (χ0) is 16.5. The Morgan fingerprint density at radius 1 is 1.17 bits per heavy atom. The van der Waals surface area contributed by atoms with Gasteiger partial charge in [0.05, 0.1) is 5.69 Å². The predicted molar refractivity (Wildman–Crippen MR) is 110 cm³/mol. The van der Waals surface area contributed by atoms with Crippen LogP contribution in [-0.2, 0) is 13.1 Å². The maximum absolute atomic E-state index is 4.63. The largest absolute Gasteiger partial charge is 0.357 e. The second kappa shape index (κ2) is 11.1. The Morgan fingerprint density at radius 3 is 2.54 bits per heavy atom. The Balaban J connectivity index is 0.00000288. The molecule has 0 aliphatic rings. The van der Waals surface area contributed by atoms with Crippen LogP contribution in [0.2, 0.25) is 0 Å². The van der Waals surface area contributed by atoms with Gasteiger partial charge in [-0.25, -0.2) is 0 Å². The smallest absolute Gasteiger partial charge is 0.191 e. The van der Waals surface area contributed by atoms with Gasteiger partial charge in [0.25, 0.3) is 0 Å². The molecule has 0 radical (unpaired) electrons. The van der Waals surface area contributed by atoms with Crippen LogP contribution in [0.15, 0.2) is 35.6 Å². The molecule has 0 amide bonds. The van der Waals surface area contributed by atoms with Gasteiger partial charge in [-0.1, -0.05) is 0 Å². The summed E-state index contributed by atoms with van der Waals surface area (Å²) in [6, 6.07) is 6.19. The topological polar surface area (TPSA) is 59.2 Å². The molecule has 2 aromatic rings. The first kappa shape index (κ1) is 20.5. The summed E-state index contributed by atoms with van der Waals surface area (Å²) >= 11 is 0. The van der Waals surface area contributed by atoms with E-state index in [9.17, 15) is 0 Å². The van der Waals surface area contributed by atoms with E-state index in [1.54, 1.807) is 0 Å². The van der Waals surface area contributed by atoms with Crippen molar-refractivity contribution in [1.82, 2.24) is 25.0 Å². The Kier molecular flexibility index (Phi) is 9.51. The first-order valence-electron chi connectivity index (χ1n) is 8.33. The minimum absolute atomic E-state index is 0. The van der Waals surface area contributed by atoms with Crippen molar-refractivity contribution in [2.45, 2.75) is 40.3 Å². The van der Waals surface area contributed by atoms with E-state index in [0.717, 1.165) is 50.8 Å². The maximum Gasteiger partial charge on any atom is 0.191 e. The number of rotatable bonds is 8. The van der Waals surface area contributed by atoms with Gasteiger partial charge in [0, 0.05) is 50.8 Å². The van der Waals surface area contributed by atoms with Crippen LogP contribution in [0, 0.1) is 13.8 Å². The highest BCUT2D eigenvalue weighted by atomic mass is 127. The average Bonchev–Trinajstić information content (AvgIpc) is 3.13. The third-order valence-corrected chi connectivity index (χ3v) is 3.57. The van der Waals surface area contributed by atoms with Gasteiger partial charge < -0.3 is 15.2 Å². The van der Waals surface area contributed by atoms with Gasteiger partial charge in [0.15, 0.2) is 5.96 Å². The molecule has 6 nitrogen and oxygen atoms in total. The van der Waals surface area contributed by atoms with Gasteiger partial charge >= 0.3 is 0 Å². The summed E-state index contributed by atoms with van der Waals surface area (Å²) in [5, 5.41) is 11.1. The fraction of sp³-hybridized carbons (Fsp3) is 0.529. The van der Waals surface area contributed by atoms with E-state index < -0.39 is 0 Å². The lowest BCUT2D eigenvalue weighted by Crippen LogP contribution is -2.38. The molecular formula is C17H29IN6. The summed E-state index contributed by atoms with van der Waals surface area (Å²) < 4.78 is 4.20. The number of aromatic nitrogens is 3. The molecular weight excluding hydrogens is 415 g/mol. The molecule has 0 aliphatic carbocycles. The summed E-state index contributed by atoms with van der Waals surface area (Å²) in [6.45, 7) is 10.6. The van der Waals surface area contributed by atoms with Crippen molar-refractivity contribution in [3.8, 4) is 0 Å². The molecule has 0 aromatic carbocycles. The summed E-state index contributed by atoms with van der Waals surface area (Å²) in [5.41, 5.74) is 2.29. The van der Waals surface area contributed by atoms with E-state index >= 15 is 0 Å². The van der Waals surface area contributed by atoms with Crippen LogP contribution in [0.25, 0.3) is 0 Å². The minimum atomic E-state index is 0. The Hall–Kier alpha value is -1.51. The van der Waals surface area contributed by atoms with Crippen LogP contribution in [0.5, 0.6) is 0 Å². The van der Waals surface area contributed by atoms with E-state index in [1.807, 2.05) is 19.1 Å². The van der Waals surface area contributed by atoms with Gasteiger partial charge in [0.1, 0.15) is 0 Å². The number of aryl methyl sites for hydroxylation is 3. The van der Waals surface area contributed by atoms with Gasteiger partial charge in [-0.15, -0.1) is 24.0 Å². The van der Waals surface area contributed by atoms with Crippen LogP contribution >= 0.6 is 24.0 Å². The lowest BCUT2D eigenvalue weighted by molar-refractivity contribution is 0.566. The summed E-state index contributed by atoms with van der Waals surface area (Å²) in [4.78, 5) is 4.63. The molecule has 0 fully saturated rings. The van der Waals surface area contributed by atoms with E-state index in [0.29, 0.717) is 0 Å². The standard InChI is InChI=1S/C17H28N6.HI/c1-4-18-17(20-9-13-22-10-5-6-11-22)19-8-7-12-23-16(3)14-15(2)21-23;/h5-6,10-11,14H,4,7-9,12-13H2,1-3H3,(H2,18,19,20);1H. The second-order valence-electron chi connectivity index (χ2n) is 5.61. The summed E-state index contributed by atoms with van der Waals surface area (Å²) in [6.07, 6.45) is 5.12. The Bertz CT molecular complexity index is 603. The SMILES string of the molecule is CCNC(=NCCCn1nc(C)cc1C)NCCn1cccc1.I. The molecule has 24 heavy (non-hydrogen) atoms. The van der Waals surface area contributed by atoms with Crippen LogP contribution < -0.4 is 10.6 Å². The molecule has 0 aliphatic heterocycles. The average molecular weight is 444 g/mol. The van der Waals surface area contributed by atoms with Crippen molar-refractivity contribution >= 4 is 29.9 Å². The van der Waals surface area contributed by atoms with Crippen molar-refractivity contribution in [3.63, 3.8) is 0 Å². The van der Waals surface area contributed by atoms with Crippen molar-refractivity contribution in [1.29, 1.82) is 0 Å². The zero-order valence-corrected chi connectivity index (χ0v) is 17.2. The monoisotopic (exact) mass is 444 g/mol.